The molecule has 0 aromatic carbocycles. The number of ether oxygens (including phenoxy) is 1. The third-order valence-corrected chi connectivity index (χ3v) is 9.75. The Bertz CT molecular complexity index is 757. The number of ketones is 1. The number of carbonyl (C=O) groups is 3. The van der Waals surface area contributed by atoms with E-state index in [1.807, 2.05) is 0 Å². The summed E-state index contributed by atoms with van der Waals surface area (Å²) in [5, 5.41) is 8.68. The van der Waals surface area contributed by atoms with Crippen LogP contribution in [-0.2, 0) is 19.1 Å². The predicted octanol–water partition coefficient (Wildman–Crippen LogP) is 4.79. The first kappa shape index (κ1) is 21.6. The van der Waals surface area contributed by atoms with Gasteiger partial charge >= 0.3 is 11.9 Å². The number of hydrogen-bond donors (Lipinski definition) is 1. The zero-order chi connectivity index (χ0) is 21.7. The third-order valence-electron chi connectivity index (χ3n) is 9.75. The maximum Gasteiger partial charge on any atom is 0.331 e. The Morgan fingerprint density at radius 3 is 2.30 bits per heavy atom. The van der Waals surface area contributed by atoms with Crippen LogP contribution in [0.5, 0.6) is 0 Å². The van der Waals surface area contributed by atoms with Crippen LogP contribution in [-0.4, -0.2) is 28.9 Å². The van der Waals surface area contributed by atoms with Crippen LogP contribution in [0.15, 0.2) is 12.2 Å². The number of carbonyl (C=O) groups excluding carboxylic acids is 2. The van der Waals surface area contributed by atoms with Gasteiger partial charge in [-0.1, -0.05) is 13.8 Å². The monoisotopic (exact) mass is 416 g/mol. The second-order valence-corrected chi connectivity index (χ2v) is 10.9. The number of esters is 1. The highest BCUT2D eigenvalue weighted by Gasteiger charge is 2.60. The number of carboxylic acid groups (broad SMARTS) is 1. The fraction of sp³-hybridized carbons (Fsp3) is 0.800. The molecular formula is C25H36O5. The molecule has 0 saturated heterocycles. The quantitative estimate of drug-likeness (QED) is 0.526. The number of carboxylic acids is 1. The molecule has 0 aromatic heterocycles. The SMILES string of the molecule is CC(=O)[C@H]1CCC2C3CC[C@@H]4C[C@H](OC(=O)/C=C/C(=O)O)CC[C@]4(C)C3CC[C@@]21C. The van der Waals surface area contributed by atoms with E-state index < -0.39 is 11.9 Å². The lowest BCUT2D eigenvalue weighted by atomic mass is 9.44. The molecule has 8 atom stereocenters. The first-order valence-electron chi connectivity index (χ1n) is 11.8. The highest BCUT2D eigenvalue weighted by Crippen LogP contribution is 2.67. The lowest BCUT2D eigenvalue weighted by Crippen LogP contribution is -2.54. The van der Waals surface area contributed by atoms with Crippen LogP contribution in [0.2, 0.25) is 0 Å². The van der Waals surface area contributed by atoms with Gasteiger partial charge in [-0.3, -0.25) is 4.79 Å². The van der Waals surface area contributed by atoms with Gasteiger partial charge < -0.3 is 9.84 Å². The molecule has 0 heterocycles. The Morgan fingerprint density at radius 1 is 0.900 bits per heavy atom. The van der Waals surface area contributed by atoms with Gasteiger partial charge in [-0.15, -0.1) is 0 Å². The normalized spacial score (nSPS) is 45.3. The maximum absolute atomic E-state index is 12.3. The van der Waals surface area contributed by atoms with Crippen molar-refractivity contribution >= 4 is 17.7 Å². The lowest BCUT2D eigenvalue weighted by molar-refractivity contribution is -0.158. The summed E-state index contributed by atoms with van der Waals surface area (Å²) in [6.07, 6.45) is 11.7. The summed E-state index contributed by atoms with van der Waals surface area (Å²) in [4.78, 5) is 34.8. The van der Waals surface area contributed by atoms with Gasteiger partial charge in [-0.25, -0.2) is 9.59 Å². The minimum atomic E-state index is -1.13. The van der Waals surface area contributed by atoms with Gasteiger partial charge in [0.1, 0.15) is 11.9 Å². The molecule has 4 aliphatic rings. The largest absolute Gasteiger partial charge is 0.478 e. The number of rotatable bonds is 4. The van der Waals surface area contributed by atoms with Gasteiger partial charge in [0, 0.05) is 18.1 Å². The van der Waals surface area contributed by atoms with Crippen molar-refractivity contribution in [2.45, 2.75) is 84.7 Å². The Kier molecular flexibility index (Phi) is 5.61. The van der Waals surface area contributed by atoms with E-state index >= 15 is 0 Å². The van der Waals surface area contributed by atoms with Crippen molar-refractivity contribution in [2.75, 3.05) is 0 Å². The third kappa shape index (κ3) is 3.52. The summed E-state index contributed by atoms with van der Waals surface area (Å²) >= 11 is 0. The van der Waals surface area contributed by atoms with Crippen molar-refractivity contribution in [1.82, 2.24) is 0 Å². The summed E-state index contributed by atoms with van der Waals surface area (Å²) in [5.74, 6) is 1.64. The minimum absolute atomic E-state index is 0.104. The average Bonchev–Trinajstić information content (AvgIpc) is 3.04. The molecular weight excluding hydrogens is 380 g/mol. The van der Waals surface area contributed by atoms with Crippen molar-refractivity contribution < 1.29 is 24.2 Å². The predicted molar refractivity (Wildman–Crippen MR) is 113 cm³/mol. The molecule has 5 nitrogen and oxygen atoms in total. The molecule has 0 amide bonds. The Balaban J connectivity index is 1.44. The van der Waals surface area contributed by atoms with Crippen molar-refractivity contribution in [3.63, 3.8) is 0 Å². The highest BCUT2D eigenvalue weighted by atomic mass is 16.5. The molecule has 4 rings (SSSR count). The van der Waals surface area contributed by atoms with Gasteiger partial charge in [0.05, 0.1) is 0 Å². The molecule has 0 radical (unpaired) electrons. The van der Waals surface area contributed by atoms with Crippen molar-refractivity contribution in [2.24, 2.45) is 40.4 Å². The van der Waals surface area contributed by atoms with Crippen LogP contribution in [0.25, 0.3) is 0 Å². The molecule has 4 saturated carbocycles. The van der Waals surface area contributed by atoms with Crippen LogP contribution >= 0.6 is 0 Å². The van der Waals surface area contributed by atoms with Crippen LogP contribution in [0.4, 0.5) is 0 Å². The van der Waals surface area contributed by atoms with E-state index in [1.165, 1.54) is 32.1 Å². The fourth-order valence-corrected chi connectivity index (χ4v) is 8.34. The Labute approximate surface area is 179 Å². The molecule has 30 heavy (non-hydrogen) atoms. The second kappa shape index (κ2) is 7.80. The number of hydrogen-bond acceptors (Lipinski definition) is 4. The molecule has 4 aliphatic carbocycles. The van der Waals surface area contributed by atoms with Gasteiger partial charge in [-0.05, 0) is 99.2 Å². The molecule has 166 valence electrons. The minimum Gasteiger partial charge on any atom is -0.478 e. The number of fused-ring (bicyclic) bond motifs is 5. The van der Waals surface area contributed by atoms with E-state index in [1.54, 1.807) is 6.92 Å². The van der Waals surface area contributed by atoms with Crippen LogP contribution < -0.4 is 0 Å². The standard InChI is InChI=1S/C25H36O5/c1-15(26)19-6-7-20-18-5-4-16-14-17(30-23(29)9-8-22(27)28)10-12-24(16,2)21(18)11-13-25(19,20)3/h8-9,16-21H,4-7,10-14H2,1-3H3,(H,27,28)/b9-8+/t16-,17-,18?,19-,20?,21?,24+,25-/m1/s1. The van der Waals surface area contributed by atoms with Crippen LogP contribution in [0.3, 0.4) is 0 Å². The van der Waals surface area contributed by atoms with E-state index in [0.29, 0.717) is 29.0 Å². The van der Waals surface area contributed by atoms with Gasteiger partial charge in [0.15, 0.2) is 0 Å². The molecule has 4 fully saturated rings. The average molecular weight is 417 g/mol. The Morgan fingerprint density at radius 2 is 1.60 bits per heavy atom. The fourth-order valence-electron chi connectivity index (χ4n) is 8.34. The van der Waals surface area contributed by atoms with E-state index in [-0.39, 0.29) is 17.4 Å². The van der Waals surface area contributed by atoms with Crippen molar-refractivity contribution in [1.29, 1.82) is 0 Å². The van der Waals surface area contributed by atoms with Crippen molar-refractivity contribution in [3.05, 3.63) is 12.2 Å². The zero-order valence-electron chi connectivity index (χ0n) is 18.6. The van der Waals surface area contributed by atoms with Gasteiger partial charge in [-0.2, -0.15) is 0 Å². The number of Topliss-reactive ketones (excluding diaryl/α,β-unsaturated/α-hetero) is 1. The summed E-state index contributed by atoms with van der Waals surface area (Å²) in [6.45, 7) is 6.65. The molecule has 3 unspecified atom stereocenters. The van der Waals surface area contributed by atoms with E-state index in [2.05, 4.69) is 13.8 Å². The van der Waals surface area contributed by atoms with Gasteiger partial charge in [0.25, 0.3) is 0 Å². The van der Waals surface area contributed by atoms with E-state index in [0.717, 1.165) is 43.8 Å². The summed E-state index contributed by atoms with van der Waals surface area (Å²) in [7, 11) is 0. The van der Waals surface area contributed by atoms with Gasteiger partial charge in [0.2, 0.25) is 0 Å². The van der Waals surface area contributed by atoms with Crippen LogP contribution in [0.1, 0.15) is 78.6 Å². The molecule has 0 aromatic rings. The maximum atomic E-state index is 12.3. The zero-order valence-corrected chi connectivity index (χ0v) is 18.6. The summed E-state index contributed by atoms with van der Waals surface area (Å²) in [6, 6.07) is 0. The van der Waals surface area contributed by atoms with E-state index in [4.69, 9.17) is 9.84 Å². The topological polar surface area (TPSA) is 80.7 Å². The molecule has 0 bridgehead atoms. The second-order valence-electron chi connectivity index (χ2n) is 10.9. The van der Waals surface area contributed by atoms with E-state index in [9.17, 15) is 14.4 Å². The molecule has 0 spiro atoms. The van der Waals surface area contributed by atoms with Crippen LogP contribution in [0, 0.1) is 40.4 Å². The molecule has 1 N–H and O–H groups in total. The molecule has 5 heteroatoms. The number of aliphatic carboxylic acids is 1. The summed E-state index contributed by atoms with van der Waals surface area (Å²) in [5.41, 5.74) is 0.484. The first-order chi connectivity index (χ1) is 14.1. The van der Waals surface area contributed by atoms with Crippen molar-refractivity contribution in [3.8, 4) is 0 Å². The summed E-state index contributed by atoms with van der Waals surface area (Å²) < 4.78 is 5.57. The first-order valence-corrected chi connectivity index (χ1v) is 11.8. The lowest BCUT2D eigenvalue weighted by Gasteiger charge is -2.61. The smallest absolute Gasteiger partial charge is 0.331 e. The highest BCUT2D eigenvalue weighted by molar-refractivity contribution is 5.90. The molecule has 0 aliphatic heterocycles. The Hall–Kier alpha value is -1.65.